The van der Waals surface area contributed by atoms with Gasteiger partial charge in [-0.25, -0.2) is 0 Å². The number of rotatable bonds is 6. The Balaban J connectivity index is 2.31. The second kappa shape index (κ2) is 6.93. The van der Waals surface area contributed by atoms with E-state index in [0.717, 1.165) is 0 Å². The SMILES string of the molecule is CCNc1cc(Oc2ccc([N+](=O)[O-])cc2Cl)ccc1[N+](=O)[O-]. The molecule has 0 atom stereocenters. The fourth-order valence-electron chi connectivity index (χ4n) is 1.88. The minimum absolute atomic E-state index is 0.0718. The van der Waals surface area contributed by atoms with Crippen molar-refractivity contribution < 1.29 is 14.6 Å². The molecule has 23 heavy (non-hydrogen) atoms. The molecule has 2 aromatic carbocycles. The van der Waals surface area contributed by atoms with Crippen molar-refractivity contribution in [2.24, 2.45) is 0 Å². The summed E-state index contributed by atoms with van der Waals surface area (Å²) >= 11 is 5.95. The third-order valence-corrected chi connectivity index (χ3v) is 3.18. The van der Waals surface area contributed by atoms with Crippen molar-refractivity contribution in [3.05, 3.63) is 61.6 Å². The van der Waals surface area contributed by atoms with Gasteiger partial charge < -0.3 is 10.1 Å². The van der Waals surface area contributed by atoms with Crippen LogP contribution in [0, 0.1) is 20.2 Å². The first kappa shape index (κ1) is 16.5. The smallest absolute Gasteiger partial charge is 0.292 e. The number of anilines is 1. The highest BCUT2D eigenvalue weighted by Crippen LogP contribution is 2.35. The molecular weight excluding hydrogens is 326 g/mol. The molecule has 0 saturated heterocycles. The largest absolute Gasteiger partial charge is 0.456 e. The number of halogens is 1. The summed E-state index contributed by atoms with van der Waals surface area (Å²) in [5.41, 5.74) is 0.0846. The molecule has 0 heterocycles. The van der Waals surface area contributed by atoms with Gasteiger partial charge in [0.05, 0.1) is 14.9 Å². The van der Waals surface area contributed by atoms with E-state index in [0.29, 0.717) is 18.0 Å². The molecule has 0 amide bonds. The van der Waals surface area contributed by atoms with Gasteiger partial charge in [0.15, 0.2) is 0 Å². The molecule has 0 unspecified atom stereocenters. The van der Waals surface area contributed by atoms with Crippen LogP contribution >= 0.6 is 11.6 Å². The summed E-state index contributed by atoms with van der Waals surface area (Å²) < 4.78 is 5.55. The molecule has 120 valence electrons. The highest BCUT2D eigenvalue weighted by atomic mass is 35.5. The second-order valence-electron chi connectivity index (χ2n) is 4.44. The normalized spacial score (nSPS) is 10.2. The van der Waals surface area contributed by atoms with Gasteiger partial charge in [0, 0.05) is 30.8 Å². The van der Waals surface area contributed by atoms with Crippen molar-refractivity contribution in [1.82, 2.24) is 0 Å². The van der Waals surface area contributed by atoms with Gasteiger partial charge in [0.25, 0.3) is 11.4 Å². The van der Waals surface area contributed by atoms with Gasteiger partial charge in [-0.2, -0.15) is 0 Å². The highest BCUT2D eigenvalue weighted by Gasteiger charge is 2.16. The maximum atomic E-state index is 11.0. The Kier molecular flexibility index (Phi) is 4.97. The molecular formula is C14H12ClN3O5. The Morgan fingerprint density at radius 1 is 1.13 bits per heavy atom. The van der Waals surface area contributed by atoms with E-state index in [9.17, 15) is 20.2 Å². The first-order valence-corrected chi connectivity index (χ1v) is 6.94. The molecule has 8 nitrogen and oxygen atoms in total. The Morgan fingerprint density at radius 3 is 2.43 bits per heavy atom. The van der Waals surface area contributed by atoms with Crippen LogP contribution in [0.2, 0.25) is 5.02 Å². The topological polar surface area (TPSA) is 108 Å². The summed E-state index contributed by atoms with van der Waals surface area (Å²) in [6, 6.07) is 8.02. The molecule has 0 aliphatic carbocycles. The van der Waals surface area contributed by atoms with Crippen molar-refractivity contribution in [2.45, 2.75) is 6.92 Å². The van der Waals surface area contributed by atoms with Gasteiger partial charge in [-0.1, -0.05) is 11.6 Å². The van der Waals surface area contributed by atoms with Gasteiger partial charge >= 0.3 is 0 Å². The van der Waals surface area contributed by atoms with Gasteiger partial charge in [0.1, 0.15) is 17.2 Å². The molecule has 2 rings (SSSR count). The van der Waals surface area contributed by atoms with Crippen LogP contribution in [0.4, 0.5) is 17.1 Å². The number of benzene rings is 2. The predicted molar refractivity (Wildman–Crippen MR) is 85.4 cm³/mol. The van der Waals surface area contributed by atoms with Crippen LogP contribution in [-0.4, -0.2) is 16.4 Å². The molecule has 0 spiro atoms. The van der Waals surface area contributed by atoms with Crippen LogP contribution in [0.15, 0.2) is 36.4 Å². The third-order valence-electron chi connectivity index (χ3n) is 2.89. The van der Waals surface area contributed by atoms with Crippen LogP contribution in [0.25, 0.3) is 0 Å². The fourth-order valence-corrected chi connectivity index (χ4v) is 2.10. The van der Waals surface area contributed by atoms with Crippen LogP contribution in [0.3, 0.4) is 0 Å². The molecule has 0 bridgehead atoms. The molecule has 0 aromatic heterocycles. The Hall–Kier alpha value is -2.87. The zero-order valence-electron chi connectivity index (χ0n) is 12.0. The summed E-state index contributed by atoms with van der Waals surface area (Å²) in [5.74, 6) is 0.538. The quantitative estimate of drug-likeness (QED) is 0.619. The Labute approximate surface area is 135 Å². The first-order valence-electron chi connectivity index (χ1n) is 6.56. The lowest BCUT2D eigenvalue weighted by atomic mass is 10.2. The first-order chi connectivity index (χ1) is 10.9. The number of non-ortho nitro benzene ring substituents is 1. The molecule has 0 fully saturated rings. The zero-order chi connectivity index (χ0) is 17.0. The van der Waals surface area contributed by atoms with E-state index in [-0.39, 0.29) is 22.1 Å². The monoisotopic (exact) mass is 337 g/mol. The molecule has 1 N–H and O–H groups in total. The molecule has 0 aliphatic heterocycles. The predicted octanol–water partition coefficient (Wildman–Crippen LogP) is 4.38. The van der Waals surface area contributed by atoms with Crippen LogP contribution in [0.5, 0.6) is 11.5 Å². The van der Waals surface area contributed by atoms with E-state index >= 15 is 0 Å². The standard InChI is InChI=1S/C14H12ClN3O5/c1-2-16-12-8-10(4-5-13(12)18(21)22)23-14-6-3-9(17(19)20)7-11(14)15/h3-8,16H,2H2,1H3. The summed E-state index contributed by atoms with van der Waals surface area (Å²) in [5, 5.41) is 24.6. The summed E-state index contributed by atoms with van der Waals surface area (Å²) in [4.78, 5) is 20.6. The van der Waals surface area contributed by atoms with Crippen molar-refractivity contribution >= 4 is 28.7 Å². The number of nitrogens with one attached hydrogen (secondary N) is 1. The molecule has 0 aliphatic rings. The molecule has 0 radical (unpaired) electrons. The lowest BCUT2D eigenvalue weighted by Gasteiger charge is -2.10. The van der Waals surface area contributed by atoms with E-state index < -0.39 is 9.85 Å². The second-order valence-corrected chi connectivity index (χ2v) is 4.85. The molecule has 0 saturated carbocycles. The number of hydrogen-bond donors (Lipinski definition) is 1. The third kappa shape index (κ3) is 3.86. The van der Waals surface area contributed by atoms with Crippen molar-refractivity contribution in [3.8, 4) is 11.5 Å². The van der Waals surface area contributed by atoms with Gasteiger partial charge in [0.2, 0.25) is 0 Å². The van der Waals surface area contributed by atoms with Crippen LogP contribution in [0.1, 0.15) is 6.92 Å². The summed E-state index contributed by atoms with van der Waals surface area (Å²) in [7, 11) is 0. The molecule has 9 heteroatoms. The number of nitrogens with zero attached hydrogens (tertiary/aromatic N) is 2. The molecule has 2 aromatic rings. The minimum Gasteiger partial charge on any atom is -0.456 e. The lowest BCUT2D eigenvalue weighted by Crippen LogP contribution is -2.01. The van der Waals surface area contributed by atoms with E-state index in [1.54, 1.807) is 0 Å². The lowest BCUT2D eigenvalue weighted by molar-refractivity contribution is -0.384. The number of nitro benzene ring substituents is 2. The Bertz CT molecular complexity index is 766. The summed E-state index contributed by atoms with van der Waals surface area (Å²) in [6.45, 7) is 2.31. The van der Waals surface area contributed by atoms with E-state index in [1.807, 2.05) is 6.92 Å². The summed E-state index contributed by atoms with van der Waals surface area (Å²) in [6.07, 6.45) is 0. The van der Waals surface area contributed by atoms with Crippen molar-refractivity contribution in [3.63, 3.8) is 0 Å². The maximum absolute atomic E-state index is 11.0. The van der Waals surface area contributed by atoms with Gasteiger partial charge in [-0.3, -0.25) is 20.2 Å². The highest BCUT2D eigenvalue weighted by molar-refractivity contribution is 6.32. The maximum Gasteiger partial charge on any atom is 0.292 e. The van der Waals surface area contributed by atoms with E-state index in [2.05, 4.69) is 5.32 Å². The van der Waals surface area contributed by atoms with Crippen molar-refractivity contribution in [1.29, 1.82) is 0 Å². The Morgan fingerprint density at radius 2 is 1.87 bits per heavy atom. The number of nitro groups is 2. The van der Waals surface area contributed by atoms with E-state index in [4.69, 9.17) is 16.3 Å². The van der Waals surface area contributed by atoms with Gasteiger partial charge in [-0.15, -0.1) is 0 Å². The average Bonchev–Trinajstić information content (AvgIpc) is 2.49. The van der Waals surface area contributed by atoms with Gasteiger partial charge in [-0.05, 0) is 19.1 Å². The zero-order valence-corrected chi connectivity index (χ0v) is 12.7. The minimum atomic E-state index is -0.565. The van der Waals surface area contributed by atoms with Crippen LogP contribution in [-0.2, 0) is 0 Å². The average molecular weight is 338 g/mol. The fraction of sp³-hybridized carbons (Fsp3) is 0.143. The van der Waals surface area contributed by atoms with E-state index in [1.165, 1.54) is 36.4 Å². The number of hydrogen-bond acceptors (Lipinski definition) is 6. The van der Waals surface area contributed by atoms with Crippen LogP contribution < -0.4 is 10.1 Å². The number of ether oxygens (including phenoxy) is 1. The van der Waals surface area contributed by atoms with Crippen molar-refractivity contribution in [2.75, 3.05) is 11.9 Å².